The Hall–Kier alpha value is -0.540. The maximum atomic E-state index is 9.75. The summed E-state index contributed by atoms with van der Waals surface area (Å²) in [6, 6.07) is 8.78. The molecule has 2 nitrogen and oxygen atoms in total. The molecule has 1 aliphatic heterocycles. The minimum Gasteiger partial charge on any atom is -0.508 e. The lowest BCUT2D eigenvalue weighted by atomic mass is 9.74. The van der Waals surface area contributed by atoms with Crippen LogP contribution in [0.3, 0.4) is 0 Å². The summed E-state index contributed by atoms with van der Waals surface area (Å²) in [5, 5.41) is 9.75. The molecule has 1 aromatic rings. The third kappa shape index (κ3) is 3.45. The SMILES string of the molecule is Br.CCCCCN1CCC2(c3cccc(O)c3)CCC1C2. The minimum atomic E-state index is 0. The second-order valence-corrected chi connectivity index (χ2v) is 6.72. The summed E-state index contributed by atoms with van der Waals surface area (Å²) >= 11 is 0. The molecular formula is C18H28BrNO. The molecule has 2 unspecified atom stereocenters. The van der Waals surface area contributed by atoms with E-state index in [4.69, 9.17) is 0 Å². The zero-order valence-electron chi connectivity index (χ0n) is 13.1. The Morgan fingerprint density at radius 2 is 2.14 bits per heavy atom. The van der Waals surface area contributed by atoms with Crippen LogP contribution < -0.4 is 0 Å². The minimum absolute atomic E-state index is 0. The van der Waals surface area contributed by atoms with E-state index in [1.807, 2.05) is 12.1 Å². The van der Waals surface area contributed by atoms with Gasteiger partial charge in [-0.2, -0.15) is 0 Å². The molecule has 2 aliphatic rings. The molecule has 1 aliphatic carbocycles. The van der Waals surface area contributed by atoms with Gasteiger partial charge in [0.25, 0.3) is 0 Å². The van der Waals surface area contributed by atoms with Gasteiger partial charge in [-0.25, -0.2) is 0 Å². The van der Waals surface area contributed by atoms with Gasteiger partial charge in [0.05, 0.1) is 0 Å². The van der Waals surface area contributed by atoms with Crippen molar-refractivity contribution in [2.45, 2.75) is 63.3 Å². The van der Waals surface area contributed by atoms with Gasteiger partial charge in [-0.15, -0.1) is 17.0 Å². The van der Waals surface area contributed by atoms with Crippen LogP contribution in [0.4, 0.5) is 0 Å². The maximum Gasteiger partial charge on any atom is 0.115 e. The number of unbranched alkanes of at least 4 members (excludes halogenated alkanes) is 2. The van der Waals surface area contributed by atoms with E-state index in [-0.39, 0.29) is 17.0 Å². The van der Waals surface area contributed by atoms with Crippen LogP contribution in [0.5, 0.6) is 5.75 Å². The molecule has 21 heavy (non-hydrogen) atoms. The fraction of sp³-hybridized carbons (Fsp3) is 0.667. The first-order chi connectivity index (χ1) is 9.73. The number of benzene rings is 1. The first-order valence-corrected chi connectivity index (χ1v) is 8.27. The van der Waals surface area contributed by atoms with Crippen LogP contribution >= 0.6 is 17.0 Å². The summed E-state index contributed by atoms with van der Waals surface area (Å²) in [5.41, 5.74) is 1.72. The highest BCUT2D eigenvalue weighted by atomic mass is 79.9. The van der Waals surface area contributed by atoms with Crippen LogP contribution in [0.2, 0.25) is 0 Å². The number of nitrogens with zero attached hydrogens (tertiary/aromatic N) is 1. The molecule has 1 N–H and O–H groups in total. The van der Waals surface area contributed by atoms with Gasteiger partial charge in [0.1, 0.15) is 5.75 Å². The lowest BCUT2D eigenvalue weighted by Crippen LogP contribution is -2.43. The number of halogens is 1. The van der Waals surface area contributed by atoms with Crippen molar-refractivity contribution in [1.29, 1.82) is 0 Å². The molecule has 2 bridgehead atoms. The first kappa shape index (κ1) is 16.8. The number of piperidine rings is 1. The van der Waals surface area contributed by atoms with Gasteiger partial charge in [0.15, 0.2) is 0 Å². The second-order valence-electron chi connectivity index (χ2n) is 6.72. The lowest BCUT2D eigenvalue weighted by molar-refractivity contribution is 0.138. The Morgan fingerprint density at radius 3 is 2.90 bits per heavy atom. The fourth-order valence-corrected chi connectivity index (χ4v) is 4.28. The molecule has 2 fully saturated rings. The summed E-state index contributed by atoms with van der Waals surface area (Å²) in [4.78, 5) is 2.73. The summed E-state index contributed by atoms with van der Waals surface area (Å²) in [5.74, 6) is 0.422. The Kier molecular flexibility index (Phi) is 5.73. The third-order valence-corrected chi connectivity index (χ3v) is 5.48. The van der Waals surface area contributed by atoms with Crippen molar-refractivity contribution in [2.75, 3.05) is 13.1 Å². The van der Waals surface area contributed by atoms with E-state index < -0.39 is 0 Å². The molecule has 3 rings (SSSR count). The van der Waals surface area contributed by atoms with Gasteiger partial charge < -0.3 is 10.0 Å². The van der Waals surface area contributed by atoms with Crippen LogP contribution in [0.1, 0.15) is 57.4 Å². The third-order valence-electron chi connectivity index (χ3n) is 5.48. The number of aromatic hydroxyl groups is 1. The lowest BCUT2D eigenvalue weighted by Gasteiger charge is -2.40. The van der Waals surface area contributed by atoms with E-state index >= 15 is 0 Å². The van der Waals surface area contributed by atoms with Crippen molar-refractivity contribution in [3.63, 3.8) is 0 Å². The van der Waals surface area contributed by atoms with E-state index in [2.05, 4.69) is 17.9 Å². The second kappa shape index (κ2) is 7.15. The van der Waals surface area contributed by atoms with Crippen LogP contribution in [-0.2, 0) is 5.41 Å². The Labute approximate surface area is 139 Å². The van der Waals surface area contributed by atoms with E-state index in [1.54, 1.807) is 6.07 Å². The first-order valence-electron chi connectivity index (χ1n) is 8.27. The Bertz CT molecular complexity index is 464. The summed E-state index contributed by atoms with van der Waals surface area (Å²) in [7, 11) is 0. The molecule has 1 saturated carbocycles. The smallest absolute Gasteiger partial charge is 0.115 e. The van der Waals surface area contributed by atoms with Gasteiger partial charge >= 0.3 is 0 Å². The molecule has 1 saturated heterocycles. The standard InChI is InChI=1S/C18H27NO.BrH/c1-2-3-4-11-19-12-10-18(9-8-16(19)14-18)15-6-5-7-17(20)13-15;/h5-7,13,16,20H,2-4,8-12,14H2,1H3;1H. The van der Waals surface area contributed by atoms with Crippen molar-refractivity contribution in [2.24, 2.45) is 0 Å². The van der Waals surface area contributed by atoms with E-state index in [0.717, 1.165) is 6.04 Å². The summed E-state index contributed by atoms with van der Waals surface area (Å²) in [6.45, 7) is 4.80. The van der Waals surface area contributed by atoms with E-state index in [1.165, 1.54) is 63.6 Å². The predicted octanol–water partition coefficient (Wildman–Crippen LogP) is 4.66. The van der Waals surface area contributed by atoms with Crippen molar-refractivity contribution in [3.05, 3.63) is 29.8 Å². The average molecular weight is 354 g/mol. The van der Waals surface area contributed by atoms with Gasteiger partial charge in [0.2, 0.25) is 0 Å². The van der Waals surface area contributed by atoms with Gasteiger partial charge in [-0.1, -0.05) is 31.9 Å². The number of likely N-dealkylation sites (tertiary alicyclic amines) is 1. The number of phenolic OH excluding ortho intramolecular Hbond substituents is 1. The van der Waals surface area contributed by atoms with Crippen molar-refractivity contribution < 1.29 is 5.11 Å². The van der Waals surface area contributed by atoms with Gasteiger partial charge in [0, 0.05) is 6.04 Å². The van der Waals surface area contributed by atoms with Crippen molar-refractivity contribution in [3.8, 4) is 5.75 Å². The normalized spacial score (nSPS) is 28.3. The van der Waals surface area contributed by atoms with Crippen LogP contribution in [0, 0.1) is 0 Å². The molecule has 118 valence electrons. The summed E-state index contributed by atoms with van der Waals surface area (Å²) < 4.78 is 0. The highest BCUT2D eigenvalue weighted by Crippen LogP contribution is 2.49. The number of hydrogen-bond acceptors (Lipinski definition) is 2. The molecule has 0 aromatic heterocycles. The molecule has 0 spiro atoms. The molecule has 2 atom stereocenters. The Balaban J connectivity index is 0.00000161. The summed E-state index contributed by atoms with van der Waals surface area (Å²) in [6.07, 6.45) is 9.22. The van der Waals surface area contributed by atoms with Crippen LogP contribution in [-0.4, -0.2) is 29.1 Å². The van der Waals surface area contributed by atoms with E-state index in [0.29, 0.717) is 11.2 Å². The highest BCUT2D eigenvalue weighted by molar-refractivity contribution is 8.93. The predicted molar refractivity (Wildman–Crippen MR) is 93.5 cm³/mol. The largest absolute Gasteiger partial charge is 0.508 e. The molecule has 1 heterocycles. The number of rotatable bonds is 5. The number of hydrogen-bond donors (Lipinski definition) is 1. The topological polar surface area (TPSA) is 23.5 Å². The monoisotopic (exact) mass is 353 g/mol. The van der Waals surface area contributed by atoms with Gasteiger partial charge in [-0.3, -0.25) is 0 Å². The zero-order valence-corrected chi connectivity index (χ0v) is 14.8. The molecule has 0 radical (unpaired) electrons. The van der Waals surface area contributed by atoms with Crippen molar-refractivity contribution in [1.82, 2.24) is 4.90 Å². The Morgan fingerprint density at radius 1 is 1.29 bits per heavy atom. The van der Waals surface area contributed by atoms with Gasteiger partial charge in [-0.05, 0) is 68.3 Å². The highest BCUT2D eigenvalue weighted by Gasteiger charge is 2.45. The molecule has 3 heteroatoms. The fourth-order valence-electron chi connectivity index (χ4n) is 4.28. The quantitative estimate of drug-likeness (QED) is 0.778. The van der Waals surface area contributed by atoms with Crippen LogP contribution in [0.25, 0.3) is 0 Å². The zero-order chi connectivity index (χ0) is 14.0. The average Bonchev–Trinajstić information content (AvgIpc) is 2.81. The molecule has 1 aromatic carbocycles. The van der Waals surface area contributed by atoms with Crippen LogP contribution in [0.15, 0.2) is 24.3 Å². The van der Waals surface area contributed by atoms with Crippen molar-refractivity contribution >= 4 is 17.0 Å². The molecule has 0 amide bonds. The maximum absolute atomic E-state index is 9.75. The number of fused-ring (bicyclic) bond motifs is 2. The number of phenols is 1. The van der Waals surface area contributed by atoms with E-state index in [9.17, 15) is 5.11 Å². The molecular weight excluding hydrogens is 326 g/mol.